The molecule has 0 fully saturated rings. The number of furan rings is 1. The van der Waals surface area contributed by atoms with E-state index in [-0.39, 0.29) is 11.7 Å². The van der Waals surface area contributed by atoms with Crippen LogP contribution in [0.25, 0.3) is 11.3 Å². The van der Waals surface area contributed by atoms with Crippen molar-refractivity contribution in [3.05, 3.63) is 50.7 Å². The van der Waals surface area contributed by atoms with Gasteiger partial charge in [-0.3, -0.25) is 10.1 Å². The normalized spacial score (nSPS) is 12.3. The maximum atomic E-state index is 10.9. The number of nitro groups is 1. The Bertz CT molecular complexity index is 621. The minimum absolute atomic E-state index is 0.0288. The molecule has 0 saturated carbocycles. The zero-order chi connectivity index (χ0) is 14.7. The van der Waals surface area contributed by atoms with Gasteiger partial charge in [-0.05, 0) is 53.7 Å². The number of benzene rings is 1. The summed E-state index contributed by atoms with van der Waals surface area (Å²) in [6.45, 7) is 2.06. The third kappa shape index (κ3) is 2.91. The van der Waals surface area contributed by atoms with Crippen LogP contribution in [0.2, 0.25) is 0 Å². The molecular formula is C14H15BrN2O3. The van der Waals surface area contributed by atoms with Gasteiger partial charge in [-0.25, -0.2) is 0 Å². The van der Waals surface area contributed by atoms with Gasteiger partial charge in [0.1, 0.15) is 11.5 Å². The van der Waals surface area contributed by atoms with E-state index in [1.807, 2.05) is 19.2 Å². The van der Waals surface area contributed by atoms with Gasteiger partial charge in [0, 0.05) is 11.6 Å². The zero-order valence-electron chi connectivity index (χ0n) is 11.2. The van der Waals surface area contributed by atoms with Crippen LogP contribution in [0.4, 0.5) is 5.69 Å². The average molecular weight is 339 g/mol. The lowest BCUT2D eigenvalue weighted by atomic mass is 10.1. The topological polar surface area (TPSA) is 68.3 Å². The van der Waals surface area contributed by atoms with E-state index in [1.54, 1.807) is 12.1 Å². The second-order valence-corrected chi connectivity index (χ2v) is 5.23. The van der Waals surface area contributed by atoms with E-state index in [4.69, 9.17) is 4.42 Å². The number of halogens is 1. The maximum Gasteiger partial charge on any atom is 0.284 e. The summed E-state index contributed by atoms with van der Waals surface area (Å²) in [7, 11) is 1.88. The zero-order valence-corrected chi connectivity index (χ0v) is 12.8. The molecule has 1 N–H and O–H groups in total. The Kier molecular flexibility index (Phi) is 4.57. The summed E-state index contributed by atoms with van der Waals surface area (Å²) in [4.78, 5) is 10.5. The Balaban J connectivity index is 2.37. The minimum Gasteiger partial charge on any atom is -0.459 e. The van der Waals surface area contributed by atoms with Crippen LogP contribution in [-0.2, 0) is 0 Å². The van der Waals surface area contributed by atoms with Crippen LogP contribution < -0.4 is 5.32 Å². The molecule has 0 spiro atoms. The molecule has 2 rings (SSSR count). The number of nitrogens with zero attached hydrogens (tertiary/aromatic N) is 1. The highest BCUT2D eigenvalue weighted by Gasteiger charge is 2.16. The lowest BCUT2D eigenvalue weighted by Gasteiger charge is -2.09. The molecule has 2 aromatic rings. The quantitative estimate of drug-likeness (QED) is 0.652. The summed E-state index contributed by atoms with van der Waals surface area (Å²) in [5.74, 6) is 1.46. The number of hydrogen-bond donors (Lipinski definition) is 1. The molecule has 1 unspecified atom stereocenters. The lowest BCUT2D eigenvalue weighted by Crippen LogP contribution is -2.14. The number of nitro benzene ring substituents is 1. The number of nitrogens with one attached hydrogen (secondary N) is 1. The molecule has 0 aliphatic rings. The van der Waals surface area contributed by atoms with Crippen LogP contribution in [0.15, 0.2) is 39.2 Å². The van der Waals surface area contributed by atoms with E-state index >= 15 is 0 Å². The average Bonchev–Trinajstić information content (AvgIpc) is 2.90. The van der Waals surface area contributed by atoms with Gasteiger partial charge in [-0.2, -0.15) is 0 Å². The summed E-state index contributed by atoms with van der Waals surface area (Å²) in [5, 5.41) is 14.1. The molecule has 0 aliphatic carbocycles. The molecule has 0 radical (unpaired) electrons. The maximum absolute atomic E-state index is 10.9. The van der Waals surface area contributed by atoms with Crippen LogP contribution in [0.3, 0.4) is 0 Å². The van der Waals surface area contributed by atoms with Gasteiger partial charge in [-0.1, -0.05) is 6.92 Å². The highest BCUT2D eigenvalue weighted by Crippen LogP contribution is 2.32. The van der Waals surface area contributed by atoms with Gasteiger partial charge in [0.25, 0.3) is 5.69 Å². The van der Waals surface area contributed by atoms with Crippen molar-refractivity contribution in [3.63, 3.8) is 0 Å². The molecular weight excluding hydrogens is 324 g/mol. The Hall–Kier alpha value is -1.66. The van der Waals surface area contributed by atoms with E-state index in [0.717, 1.165) is 12.2 Å². The second kappa shape index (κ2) is 6.19. The molecule has 1 aromatic carbocycles. The molecule has 1 aromatic heterocycles. The Morgan fingerprint density at radius 2 is 2.15 bits per heavy atom. The summed E-state index contributed by atoms with van der Waals surface area (Å²) >= 11 is 3.17. The SMILES string of the molecule is CCC(NC)c1ccc(-c2ccc(Br)c([N+](=O)[O-])c2)o1. The van der Waals surface area contributed by atoms with Crippen molar-refractivity contribution in [2.75, 3.05) is 7.05 Å². The van der Waals surface area contributed by atoms with E-state index in [9.17, 15) is 10.1 Å². The summed E-state index contributed by atoms with van der Waals surface area (Å²) in [6, 6.07) is 8.84. The first kappa shape index (κ1) is 14.7. The molecule has 0 aliphatic heterocycles. The highest BCUT2D eigenvalue weighted by molar-refractivity contribution is 9.10. The summed E-state index contributed by atoms with van der Waals surface area (Å²) < 4.78 is 6.25. The van der Waals surface area contributed by atoms with Gasteiger partial charge >= 0.3 is 0 Å². The molecule has 0 amide bonds. The molecule has 0 bridgehead atoms. The van der Waals surface area contributed by atoms with Crippen molar-refractivity contribution in [2.24, 2.45) is 0 Å². The fourth-order valence-electron chi connectivity index (χ4n) is 2.05. The van der Waals surface area contributed by atoms with Crippen LogP contribution in [0.1, 0.15) is 25.1 Å². The first-order chi connectivity index (χ1) is 9.56. The monoisotopic (exact) mass is 338 g/mol. The predicted octanol–water partition coefficient (Wildman–Crippen LogP) is 4.29. The molecule has 0 saturated heterocycles. The van der Waals surface area contributed by atoms with E-state index < -0.39 is 4.92 Å². The number of rotatable bonds is 5. The van der Waals surface area contributed by atoms with Crippen LogP contribution in [0, 0.1) is 10.1 Å². The molecule has 20 heavy (non-hydrogen) atoms. The first-order valence-corrected chi connectivity index (χ1v) is 7.07. The van der Waals surface area contributed by atoms with Crippen LogP contribution >= 0.6 is 15.9 Å². The molecule has 106 valence electrons. The van der Waals surface area contributed by atoms with Crippen molar-refractivity contribution in [2.45, 2.75) is 19.4 Å². The summed E-state index contributed by atoms with van der Waals surface area (Å²) in [5.41, 5.74) is 0.721. The highest BCUT2D eigenvalue weighted by atomic mass is 79.9. The van der Waals surface area contributed by atoms with Gasteiger partial charge in [0.2, 0.25) is 0 Å². The van der Waals surface area contributed by atoms with Crippen molar-refractivity contribution in [1.82, 2.24) is 5.32 Å². The van der Waals surface area contributed by atoms with E-state index in [0.29, 0.717) is 15.8 Å². The van der Waals surface area contributed by atoms with Crippen LogP contribution in [0.5, 0.6) is 0 Å². The predicted molar refractivity (Wildman–Crippen MR) is 80.6 cm³/mol. The second-order valence-electron chi connectivity index (χ2n) is 4.37. The van der Waals surface area contributed by atoms with Gasteiger partial charge in [0.15, 0.2) is 0 Å². The fraction of sp³-hybridized carbons (Fsp3) is 0.286. The fourth-order valence-corrected chi connectivity index (χ4v) is 2.44. The minimum atomic E-state index is -0.417. The molecule has 1 atom stereocenters. The van der Waals surface area contributed by atoms with Crippen LogP contribution in [-0.4, -0.2) is 12.0 Å². The molecule has 1 heterocycles. The van der Waals surface area contributed by atoms with E-state index in [1.165, 1.54) is 6.07 Å². The van der Waals surface area contributed by atoms with E-state index in [2.05, 4.69) is 28.2 Å². The van der Waals surface area contributed by atoms with Crippen molar-refractivity contribution in [1.29, 1.82) is 0 Å². The lowest BCUT2D eigenvalue weighted by molar-refractivity contribution is -0.385. The third-order valence-corrected chi connectivity index (χ3v) is 3.82. The first-order valence-electron chi connectivity index (χ1n) is 6.28. The third-order valence-electron chi connectivity index (χ3n) is 3.15. The number of hydrogen-bond acceptors (Lipinski definition) is 4. The Morgan fingerprint density at radius 3 is 2.75 bits per heavy atom. The Labute approximate surface area is 125 Å². The largest absolute Gasteiger partial charge is 0.459 e. The smallest absolute Gasteiger partial charge is 0.284 e. The van der Waals surface area contributed by atoms with Crippen molar-refractivity contribution < 1.29 is 9.34 Å². The van der Waals surface area contributed by atoms with Crippen molar-refractivity contribution >= 4 is 21.6 Å². The van der Waals surface area contributed by atoms with Crippen molar-refractivity contribution in [3.8, 4) is 11.3 Å². The Morgan fingerprint density at radius 1 is 1.40 bits per heavy atom. The van der Waals surface area contributed by atoms with Gasteiger partial charge < -0.3 is 9.73 Å². The molecule has 6 heteroatoms. The summed E-state index contributed by atoms with van der Waals surface area (Å²) in [6.07, 6.45) is 0.907. The van der Waals surface area contributed by atoms with Gasteiger partial charge in [0.05, 0.1) is 15.4 Å². The molecule has 5 nitrogen and oxygen atoms in total. The standard InChI is InChI=1S/C14H15BrN2O3/c1-3-11(16-2)14-7-6-13(20-14)9-4-5-10(15)12(8-9)17(18)19/h4-8,11,16H,3H2,1-2H3. The van der Waals surface area contributed by atoms with Gasteiger partial charge in [-0.15, -0.1) is 0 Å².